The van der Waals surface area contributed by atoms with E-state index in [1.165, 1.54) is 18.4 Å². The van der Waals surface area contributed by atoms with Crippen LogP contribution in [-0.4, -0.2) is 29.0 Å². The Hall–Kier alpha value is -2.33. The lowest BCUT2D eigenvalue weighted by molar-refractivity contribution is -0.0151. The summed E-state index contributed by atoms with van der Waals surface area (Å²) >= 11 is 0. The van der Waals surface area contributed by atoms with E-state index in [4.69, 9.17) is 10.5 Å². The van der Waals surface area contributed by atoms with E-state index in [-0.39, 0.29) is 11.6 Å². The SMILES string of the molecule is CC(C)(c1ccccc1)N1[C@@H]2CC[C@H]1CC(Oc1cccc(C(N)=O)c1)C2. The number of primary amides is 1. The number of rotatable bonds is 5. The molecule has 27 heavy (non-hydrogen) atoms. The van der Waals surface area contributed by atoms with Crippen LogP contribution in [-0.2, 0) is 5.54 Å². The number of benzene rings is 2. The third-order valence-corrected chi connectivity index (χ3v) is 6.24. The second-order valence-electron chi connectivity index (χ2n) is 8.32. The second kappa shape index (κ2) is 7.01. The molecule has 142 valence electrons. The van der Waals surface area contributed by atoms with Crippen molar-refractivity contribution in [1.29, 1.82) is 0 Å². The van der Waals surface area contributed by atoms with E-state index in [1.807, 2.05) is 12.1 Å². The molecule has 2 aliphatic rings. The maximum absolute atomic E-state index is 11.4. The number of nitrogens with two attached hydrogens (primary N) is 1. The van der Waals surface area contributed by atoms with Gasteiger partial charge in [-0.15, -0.1) is 0 Å². The van der Waals surface area contributed by atoms with Crippen LogP contribution in [0.1, 0.15) is 55.5 Å². The zero-order valence-corrected chi connectivity index (χ0v) is 16.1. The van der Waals surface area contributed by atoms with Gasteiger partial charge in [0, 0.05) is 23.2 Å². The van der Waals surface area contributed by atoms with Crippen molar-refractivity contribution in [3.63, 3.8) is 0 Å². The first-order valence-corrected chi connectivity index (χ1v) is 9.85. The number of piperidine rings is 1. The summed E-state index contributed by atoms with van der Waals surface area (Å²) in [5, 5.41) is 0. The molecule has 2 fully saturated rings. The van der Waals surface area contributed by atoms with Crippen molar-refractivity contribution in [3.8, 4) is 5.75 Å². The van der Waals surface area contributed by atoms with Gasteiger partial charge in [-0.3, -0.25) is 9.69 Å². The zero-order valence-electron chi connectivity index (χ0n) is 16.1. The smallest absolute Gasteiger partial charge is 0.248 e. The highest BCUT2D eigenvalue weighted by atomic mass is 16.5. The molecule has 3 atom stereocenters. The Bertz CT molecular complexity index is 804. The van der Waals surface area contributed by atoms with Crippen LogP contribution in [0.25, 0.3) is 0 Å². The average Bonchev–Trinajstić information content (AvgIpc) is 2.95. The Morgan fingerprint density at radius 2 is 1.70 bits per heavy atom. The van der Waals surface area contributed by atoms with Crippen molar-refractivity contribution in [2.45, 2.75) is 63.3 Å². The third kappa shape index (κ3) is 3.46. The van der Waals surface area contributed by atoms with Crippen LogP contribution in [0.3, 0.4) is 0 Å². The zero-order chi connectivity index (χ0) is 19.0. The van der Waals surface area contributed by atoms with E-state index in [0.29, 0.717) is 17.6 Å². The number of carbonyl (C=O) groups excluding carboxylic acids is 1. The molecule has 0 radical (unpaired) electrons. The van der Waals surface area contributed by atoms with Crippen molar-refractivity contribution in [1.82, 2.24) is 4.90 Å². The topological polar surface area (TPSA) is 55.6 Å². The molecule has 0 aromatic heterocycles. The summed E-state index contributed by atoms with van der Waals surface area (Å²) in [7, 11) is 0. The van der Waals surface area contributed by atoms with Crippen LogP contribution >= 0.6 is 0 Å². The minimum atomic E-state index is -0.417. The number of carbonyl (C=O) groups is 1. The van der Waals surface area contributed by atoms with Gasteiger partial charge < -0.3 is 10.5 Å². The molecule has 0 spiro atoms. The fourth-order valence-electron chi connectivity index (χ4n) is 5.05. The Morgan fingerprint density at radius 3 is 2.33 bits per heavy atom. The Kier molecular flexibility index (Phi) is 4.68. The first kappa shape index (κ1) is 18.1. The molecule has 2 aliphatic heterocycles. The van der Waals surface area contributed by atoms with Gasteiger partial charge in [0.05, 0.1) is 0 Å². The van der Waals surface area contributed by atoms with E-state index < -0.39 is 5.91 Å². The first-order valence-electron chi connectivity index (χ1n) is 9.85. The predicted molar refractivity (Wildman–Crippen MR) is 107 cm³/mol. The van der Waals surface area contributed by atoms with Crippen LogP contribution in [0.4, 0.5) is 0 Å². The van der Waals surface area contributed by atoms with Crippen molar-refractivity contribution in [2.75, 3.05) is 0 Å². The Labute approximate surface area is 161 Å². The molecular formula is C23H28N2O2. The maximum Gasteiger partial charge on any atom is 0.248 e. The van der Waals surface area contributed by atoms with Gasteiger partial charge in [-0.25, -0.2) is 0 Å². The quantitative estimate of drug-likeness (QED) is 0.869. The maximum atomic E-state index is 11.4. The van der Waals surface area contributed by atoms with Gasteiger partial charge in [-0.1, -0.05) is 36.4 Å². The number of ether oxygens (including phenoxy) is 1. The molecule has 1 unspecified atom stereocenters. The van der Waals surface area contributed by atoms with Crippen LogP contribution in [0.15, 0.2) is 54.6 Å². The molecule has 4 nitrogen and oxygen atoms in total. The summed E-state index contributed by atoms with van der Waals surface area (Å²) in [5.41, 5.74) is 7.28. The van der Waals surface area contributed by atoms with Gasteiger partial charge in [0.25, 0.3) is 0 Å². The minimum Gasteiger partial charge on any atom is -0.490 e. The summed E-state index contributed by atoms with van der Waals surface area (Å²) in [6.45, 7) is 4.68. The summed E-state index contributed by atoms with van der Waals surface area (Å²) in [4.78, 5) is 14.1. The van der Waals surface area contributed by atoms with E-state index in [1.54, 1.807) is 12.1 Å². The molecule has 0 saturated carbocycles. The van der Waals surface area contributed by atoms with Crippen LogP contribution < -0.4 is 10.5 Å². The largest absolute Gasteiger partial charge is 0.490 e. The molecule has 4 heteroatoms. The number of hydrogen-bond acceptors (Lipinski definition) is 3. The van der Waals surface area contributed by atoms with Gasteiger partial charge in [0.1, 0.15) is 11.9 Å². The lowest BCUT2D eigenvalue weighted by Crippen LogP contribution is -2.54. The predicted octanol–water partition coefficient (Wildman–Crippen LogP) is 4.10. The second-order valence-corrected chi connectivity index (χ2v) is 8.32. The highest BCUT2D eigenvalue weighted by Gasteiger charge is 2.48. The molecule has 0 aliphatic carbocycles. The van der Waals surface area contributed by atoms with Crippen molar-refractivity contribution >= 4 is 5.91 Å². The molecule has 2 aromatic carbocycles. The number of fused-ring (bicyclic) bond motifs is 2. The molecule has 2 heterocycles. The number of hydrogen-bond donors (Lipinski definition) is 1. The minimum absolute atomic E-state index is 0.0178. The van der Waals surface area contributed by atoms with E-state index in [9.17, 15) is 4.79 Å². The van der Waals surface area contributed by atoms with Crippen LogP contribution in [0, 0.1) is 0 Å². The third-order valence-electron chi connectivity index (χ3n) is 6.24. The molecule has 1 amide bonds. The normalized spacial score (nSPS) is 25.3. The Morgan fingerprint density at radius 1 is 1.04 bits per heavy atom. The molecule has 2 N–H and O–H groups in total. The molecule has 4 rings (SSSR count). The summed E-state index contributed by atoms with van der Waals surface area (Å²) < 4.78 is 6.26. The van der Waals surface area contributed by atoms with E-state index >= 15 is 0 Å². The lowest BCUT2D eigenvalue weighted by atomic mass is 9.86. The van der Waals surface area contributed by atoms with Crippen molar-refractivity contribution in [3.05, 3.63) is 65.7 Å². The Balaban J connectivity index is 1.49. The summed E-state index contributed by atoms with van der Waals surface area (Å²) in [6, 6.07) is 19.1. The number of nitrogens with zero attached hydrogens (tertiary/aromatic N) is 1. The van der Waals surface area contributed by atoms with E-state index in [2.05, 4.69) is 49.1 Å². The van der Waals surface area contributed by atoms with Gasteiger partial charge >= 0.3 is 0 Å². The average molecular weight is 364 g/mol. The van der Waals surface area contributed by atoms with Gasteiger partial charge in [-0.2, -0.15) is 0 Å². The van der Waals surface area contributed by atoms with Gasteiger partial charge in [-0.05, 0) is 63.3 Å². The summed E-state index contributed by atoms with van der Waals surface area (Å²) in [6.07, 6.45) is 4.68. The van der Waals surface area contributed by atoms with Gasteiger partial charge in [0.2, 0.25) is 5.91 Å². The van der Waals surface area contributed by atoms with E-state index in [0.717, 1.165) is 18.6 Å². The highest BCUT2D eigenvalue weighted by Crippen LogP contribution is 2.45. The van der Waals surface area contributed by atoms with Gasteiger partial charge in [0.15, 0.2) is 0 Å². The molecular weight excluding hydrogens is 336 g/mol. The molecule has 2 saturated heterocycles. The fraction of sp³-hybridized carbons (Fsp3) is 0.435. The highest BCUT2D eigenvalue weighted by molar-refractivity contribution is 5.93. The lowest BCUT2D eigenvalue weighted by Gasteiger charge is -2.48. The summed E-state index contributed by atoms with van der Waals surface area (Å²) in [5.74, 6) is 0.325. The van der Waals surface area contributed by atoms with Crippen molar-refractivity contribution in [2.24, 2.45) is 5.73 Å². The molecule has 2 bridgehead atoms. The standard InChI is InChI=1S/C23H28N2O2/c1-23(2,17-8-4-3-5-9-17)25-18-11-12-19(25)15-21(14-18)27-20-10-6-7-16(13-20)22(24)26/h3-10,13,18-19,21H,11-12,14-15H2,1-2H3,(H2,24,26)/t18-,19+,21?. The monoisotopic (exact) mass is 364 g/mol. The van der Waals surface area contributed by atoms with Crippen LogP contribution in [0.2, 0.25) is 0 Å². The fourth-order valence-corrected chi connectivity index (χ4v) is 5.05. The number of amides is 1. The first-order chi connectivity index (χ1) is 12.9. The molecule has 2 aromatic rings. The van der Waals surface area contributed by atoms with Crippen molar-refractivity contribution < 1.29 is 9.53 Å². The van der Waals surface area contributed by atoms with Crippen LogP contribution in [0.5, 0.6) is 5.75 Å².